The molecule has 1 amide bonds. The van der Waals surface area contributed by atoms with E-state index in [1.807, 2.05) is 40.7 Å². The van der Waals surface area contributed by atoms with Crippen LogP contribution in [-0.2, 0) is 11.3 Å². The average Bonchev–Trinajstić information content (AvgIpc) is 3.04. The highest BCUT2D eigenvalue weighted by Gasteiger charge is 2.49. The Morgan fingerprint density at radius 1 is 1.09 bits per heavy atom. The summed E-state index contributed by atoms with van der Waals surface area (Å²) in [7, 11) is 0. The van der Waals surface area contributed by atoms with Gasteiger partial charge < -0.3 is 25.0 Å². The Balaban J connectivity index is 1.40. The van der Waals surface area contributed by atoms with E-state index in [4.69, 9.17) is 9.26 Å². The Morgan fingerprint density at radius 2 is 1.72 bits per heavy atom. The van der Waals surface area contributed by atoms with Gasteiger partial charge in [-0.05, 0) is 102 Å². The van der Waals surface area contributed by atoms with Crippen LogP contribution in [0.25, 0.3) is 11.1 Å². The van der Waals surface area contributed by atoms with Crippen LogP contribution in [0.5, 0.6) is 5.75 Å². The maximum absolute atomic E-state index is 12.3. The Morgan fingerprint density at radius 3 is 2.28 bits per heavy atom. The molecule has 0 saturated heterocycles. The number of hydrogen-bond donors (Lipinski definition) is 3. The first-order valence-electron chi connectivity index (χ1n) is 11.5. The van der Waals surface area contributed by atoms with Gasteiger partial charge in [0.05, 0.1) is 5.69 Å². The summed E-state index contributed by atoms with van der Waals surface area (Å²) in [5.41, 5.74) is 3.15. The number of aromatic nitrogens is 1. The normalized spacial score (nSPS) is 25.0. The summed E-state index contributed by atoms with van der Waals surface area (Å²) in [6, 6.07) is 5.66. The van der Waals surface area contributed by atoms with E-state index in [9.17, 15) is 9.90 Å². The molecule has 0 spiro atoms. The van der Waals surface area contributed by atoms with Crippen LogP contribution in [0.1, 0.15) is 76.3 Å². The third kappa shape index (κ3) is 4.77. The fourth-order valence-electron chi connectivity index (χ4n) is 5.26. The van der Waals surface area contributed by atoms with Crippen molar-refractivity contribution in [3.63, 3.8) is 0 Å². The van der Waals surface area contributed by atoms with E-state index >= 15 is 0 Å². The molecular formula is C25H35N3O4. The minimum absolute atomic E-state index is 0.0754. The number of amides is 1. The Bertz CT molecular complexity index is 961. The molecule has 0 radical (unpaired) electrons. The summed E-state index contributed by atoms with van der Waals surface area (Å²) in [6.45, 7) is 10.1. The number of fused-ring (bicyclic) bond motifs is 3. The van der Waals surface area contributed by atoms with Gasteiger partial charge in [0.15, 0.2) is 0 Å². The molecule has 1 aromatic carbocycles. The van der Waals surface area contributed by atoms with Crippen molar-refractivity contribution in [2.45, 2.75) is 96.4 Å². The number of aromatic hydroxyl groups is 1. The Labute approximate surface area is 189 Å². The number of nitrogens with one attached hydrogen (secondary N) is 2. The number of phenols is 1. The molecule has 0 aliphatic heterocycles. The molecule has 1 heterocycles. The smallest absolute Gasteiger partial charge is 0.408 e. The second-order valence-electron chi connectivity index (χ2n) is 10.6. The number of carbonyl (C=O) groups excluding carboxylic acids is 1. The number of hydrogen-bond acceptors (Lipinski definition) is 6. The highest BCUT2D eigenvalue weighted by molar-refractivity contribution is 5.70. The first kappa shape index (κ1) is 22.6. The lowest BCUT2D eigenvalue weighted by molar-refractivity contribution is 0.0202. The van der Waals surface area contributed by atoms with Crippen molar-refractivity contribution in [2.75, 3.05) is 0 Å². The number of carbonyl (C=O) groups is 1. The summed E-state index contributed by atoms with van der Waals surface area (Å²) in [6.07, 6.45) is 5.57. The van der Waals surface area contributed by atoms with Crippen LogP contribution in [0.15, 0.2) is 22.7 Å². The summed E-state index contributed by atoms with van der Waals surface area (Å²) in [4.78, 5) is 12.3. The molecule has 2 bridgehead atoms. The van der Waals surface area contributed by atoms with E-state index in [2.05, 4.69) is 21.9 Å². The lowest BCUT2D eigenvalue weighted by Gasteiger charge is -2.54. The molecule has 7 nitrogen and oxygen atoms in total. The van der Waals surface area contributed by atoms with Crippen molar-refractivity contribution < 1.29 is 19.2 Å². The summed E-state index contributed by atoms with van der Waals surface area (Å²) in [5, 5.41) is 21.3. The summed E-state index contributed by atoms with van der Waals surface area (Å²) in [5.74, 6) is 0.989. The van der Waals surface area contributed by atoms with Gasteiger partial charge in [0.2, 0.25) is 0 Å². The average molecular weight is 442 g/mol. The Kier molecular flexibility index (Phi) is 5.74. The molecule has 3 fully saturated rings. The van der Waals surface area contributed by atoms with E-state index in [-0.39, 0.29) is 22.9 Å². The number of phenolic OH excluding ortho intramolecular Hbond substituents is 1. The molecule has 3 aliphatic rings. The van der Waals surface area contributed by atoms with Crippen LogP contribution >= 0.6 is 0 Å². The highest BCUT2D eigenvalue weighted by Crippen LogP contribution is 2.47. The van der Waals surface area contributed by atoms with Gasteiger partial charge in [0, 0.05) is 23.2 Å². The number of rotatable bonds is 5. The van der Waals surface area contributed by atoms with Crippen LogP contribution < -0.4 is 10.6 Å². The quantitative estimate of drug-likeness (QED) is 0.596. The predicted molar refractivity (Wildman–Crippen MR) is 122 cm³/mol. The second-order valence-corrected chi connectivity index (χ2v) is 10.6. The molecule has 174 valence electrons. The summed E-state index contributed by atoms with van der Waals surface area (Å²) < 4.78 is 10.8. The number of aryl methyl sites for hydroxylation is 2. The van der Waals surface area contributed by atoms with Crippen LogP contribution in [0.2, 0.25) is 0 Å². The molecule has 7 heteroatoms. The molecule has 3 saturated carbocycles. The van der Waals surface area contributed by atoms with Gasteiger partial charge >= 0.3 is 6.09 Å². The zero-order valence-corrected chi connectivity index (χ0v) is 19.8. The van der Waals surface area contributed by atoms with Gasteiger partial charge in [-0.15, -0.1) is 0 Å². The van der Waals surface area contributed by atoms with Crippen LogP contribution in [0.4, 0.5) is 4.79 Å². The molecule has 2 aromatic rings. The zero-order chi connectivity index (χ0) is 23.1. The fraction of sp³-hybridized carbons (Fsp3) is 0.600. The molecular weight excluding hydrogens is 406 g/mol. The van der Waals surface area contributed by atoms with Gasteiger partial charge in [0.25, 0.3) is 0 Å². The van der Waals surface area contributed by atoms with Gasteiger partial charge in [-0.2, -0.15) is 0 Å². The topological polar surface area (TPSA) is 96.6 Å². The number of nitrogens with zero attached hydrogens (tertiary/aromatic N) is 1. The van der Waals surface area contributed by atoms with E-state index in [1.54, 1.807) is 6.07 Å². The van der Waals surface area contributed by atoms with Crippen LogP contribution in [-0.4, -0.2) is 33.0 Å². The molecule has 5 rings (SSSR count). The molecule has 32 heavy (non-hydrogen) atoms. The standard InChI is InChI=1S/C25H35N3O4/c1-16-21(17(2)32-28-16)19-12-18(13-20(29)14-19)15-26-24-6-9-25(10-7-24,11-8-24)27-22(30)31-23(3,4)5/h12-14,26,29H,6-11,15H2,1-5H3,(H,27,30). The number of benzene rings is 1. The van der Waals surface area contributed by atoms with E-state index < -0.39 is 5.60 Å². The molecule has 0 unspecified atom stereocenters. The predicted octanol–water partition coefficient (Wildman–Crippen LogP) is 5.12. The van der Waals surface area contributed by atoms with Gasteiger partial charge in [-0.3, -0.25) is 0 Å². The maximum Gasteiger partial charge on any atom is 0.408 e. The lowest BCUT2D eigenvalue weighted by atomic mass is 9.61. The largest absolute Gasteiger partial charge is 0.508 e. The SMILES string of the molecule is Cc1noc(C)c1-c1cc(O)cc(CNC23CCC(NC(=O)OC(C)(C)C)(CC2)CC3)c1. The molecule has 3 aliphatic carbocycles. The summed E-state index contributed by atoms with van der Waals surface area (Å²) >= 11 is 0. The van der Waals surface area contributed by atoms with E-state index in [0.717, 1.165) is 66.7 Å². The number of ether oxygens (including phenoxy) is 1. The third-order valence-corrected chi connectivity index (χ3v) is 6.98. The van der Waals surface area contributed by atoms with Crippen molar-refractivity contribution in [3.8, 4) is 16.9 Å². The Hall–Kier alpha value is -2.54. The van der Waals surface area contributed by atoms with Gasteiger partial charge in [0.1, 0.15) is 17.1 Å². The molecule has 3 N–H and O–H groups in total. The van der Waals surface area contributed by atoms with Gasteiger partial charge in [-0.1, -0.05) is 5.16 Å². The monoisotopic (exact) mass is 441 g/mol. The maximum atomic E-state index is 12.3. The van der Waals surface area contributed by atoms with Crippen molar-refractivity contribution in [2.24, 2.45) is 0 Å². The third-order valence-electron chi connectivity index (χ3n) is 6.98. The van der Waals surface area contributed by atoms with Crippen LogP contribution in [0.3, 0.4) is 0 Å². The minimum atomic E-state index is -0.487. The first-order chi connectivity index (χ1) is 15.0. The van der Waals surface area contributed by atoms with Crippen molar-refractivity contribution >= 4 is 6.09 Å². The van der Waals surface area contributed by atoms with Crippen molar-refractivity contribution in [1.29, 1.82) is 0 Å². The van der Waals surface area contributed by atoms with Crippen molar-refractivity contribution in [3.05, 3.63) is 35.2 Å². The highest BCUT2D eigenvalue weighted by atomic mass is 16.6. The van der Waals surface area contributed by atoms with Gasteiger partial charge in [-0.25, -0.2) is 4.79 Å². The van der Waals surface area contributed by atoms with Crippen molar-refractivity contribution in [1.82, 2.24) is 15.8 Å². The van der Waals surface area contributed by atoms with Crippen LogP contribution in [0, 0.1) is 13.8 Å². The zero-order valence-electron chi connectivity index (χ0n) is 19.8. The lowest BCUT2D eigenvalue weighted by Crippen LogP contribution is -2.63. The minimum Gasteiger partial charge on any atom is -0.508 e. The number of alkyl carbamates (subject to hydrolysis) is 1. The fourth-order valence-corrected chi connectivity index (χ4v) is 5.26. The molecule has 0 atom stereocenters. The van der Waals surface area contributed by atoms with E-state index in [0.29, 0.717) is 6.54 Å². The molecule has 1 aromatic heterocycles. The first-order valence-corrected chi connectivity index (χ1v) is 11.5. The van der Waals surface area contributed by atoms with E-state index in [1.165, 1.54) is 0 Å². The second kappa shape index (κ2) is 8.10.